The predicted octanol–water partition coefficient (Wildman–Crippen LogP) is 5.37. The molecule has 1 aliphatic heterocycles. The van der Waals surface area contributed by atoms with Gasteiger partial charge in [0.25, 0.3) is 0 Å². The molecule has 1 unspecified atom stereocenters. The van der Waals surface area contributed by atoms with Crippen LogP contribution in [0.5, 0.6) is 5.88 Å². The van der Waals surface area contributed by atoms with E-state index < -0.39 is 5.97 Å². The van der Waals surface area contributed by atoms with Gasteiger partial charge in [0.1, 0.15) is 0 Å². The molecule has 1 aliphatic carbocycles. The van der Waals surface area contributed by atoms with E-state index in [1.54, 1.807) is 7.11 Å². The number of pyridine rings is 1. The zero-order chi connectivity index (χ0) is 24.2. The summed E-state index contributed by atoms with van der Waals surface area (Å²) in [6, 6.07) is 9.89. The lowest BCUT2D eigenvalue weighted by Gasteiger charge is -2.16. The van der Waals surface area contributed by atoms with Crippen molar-refractivity contribution in [2.75, 3.05) is 7.11 Å². The van der Waals surface area contributed by atoms with E-state index in [0.29, 0.717) is 42.5 Å². The highest BCUT2D eigenvalue weighted by molar-refractivity contribution is 6.31. The van der Waals surface area contributed by atoms with Crippen LogP contribution >= 0.6 is 11.6 Å². The third-order valence-corrected chi connectivity index (χ3v) is 7.09. The maximum atomic E-state index is 11.8. The molecule has 2 aliphatic rings. The van der Waals surface area contributed by atoms with Crippen LogP contribution in [-0.4, -0.2) is 35.1 Å². The van der Waals surface area contributed by atoms with E-state index in [2.05, 4.69) is 11.4 Å². The van der Waals surface area contributed by atoms with E-state index >= 15 is 0 Å². The van der Waals surface area contributed by atoms with Gasteiger partial charge in [-0.25, -0.2) is 4.98 Å². The average molecular weight is 483 g/mol. The number of nitrogens with zero attached hydrogens (tertiary/aromatic N) is 1. The fraction of sp³-hybridized carbons (Fsp3) is 0.444. The Labute approximate surface area is 205 Å². The SMILES string of the molecule is CCC(CCc1ccc(/C(=C\[C@H]2CCC(=O)N2)c2ccc(C3CC3)c(OC)n2)cc1Cl)C(=O)O. The van der Waals surface area contributed by atoms with Crippen molar-refractivity contribution in [3.05, 3.63) is 63.8 Å². The van der Waals surface area contributed by atoms with Gasteiger partial charge in [0.05, 0.1) is 18.7 Å². The van der Waals surface area contributed by atoms with Crippen LogP contribution in [0.1, 0.15) is 73.8 Å². The quantitative estimate of drug-likeness (QED) is 0.475. The van der Waals surface area contributed by atoms with Crippen LogP contribution in [0.2, 0.25) is 5.02 Å². The summed E-state index contributed by atoms with van der Waals surface area (Å²) in [5, 5.41) is 12.9. The van der Waals surface area contributed by atoms with Gasteiger partial charge in [-0.15, -0.1) is 0 Å². The van der Waals surface area contributed by atoms with Crippen LogP contribution in [0.25, 0.3) is 5.57 Å². The largest absolute Gasteiger partial charge is 0.481 e. The summed E-state index contributed by atoms with van der Waals surface area (Å²) in [6.45, 7) is 1.89. The molecule has 1 amide bonds. The lowest BCUT2D eigenvalue weighted by Crippen LogP contribution is -2.23. The number of carboxylic acids is 1. The molecule has 34 heavy (non-hydrogen) atoms. The zero-order valence-corrected chi connectivity index (χ0v) is 20.4. The highest BCUT2D eigenvalue weighted by Crippen LogP contribution is 2.44. The minimum atomic E-state index is -0.770. The lowest BCUT2D eigenvalue weighted by atomic mass is 9.94. The molecule has 1 saturated carbocycles. The normalized spacial score (nSPS) is 19.1. The first kappa shape index (κ1) is 24.3. The van der Waals surface area contributed by atoms with Gasteiger partial charge in [-0.3, -0.25) is 9.59 Å². The van der Waals surface area contributed by atoms with Crippen LogP contribution < -0.4 is 10.1 Å². The highest BCUT2D eigenvalue weighted by atomic mass is 35.5. The number of aliphatic carboxylic acids is 1. The number of rotatable bonds is 10. The summed E-state index contributed by atoms with van der Waals surface area (Å²) in [7, 11) is 1.64. The number of hydrogen-bond acceptors (Lipinski definition) is 4. The van der Waals surface area contributed by atoms with Crippen molar-refractivity contribution < 1.29 is 19.4 Å². The maximum Gasteiger partial charge on any atom is 0.306 e. The number of methoxy groups -OCH3 is 1. The summed E-state index contributed by atoms with van der Waals surface area (Å²) >= 11 is 6.65. The molecule has 2 heterocycles. The minimum Gasteiger partial charge on any atom is -0.481 e. The topological polar surface area (TPSA) is 88.5 Å². The van der Waals surface area contributed by atoms with Gasteiger partial charge < -0.3 is 15.2 Å². The number of carboxylic acid groups (broad SMARTS) is 1. The summed E-state index contributed by atoms with van der Waals surface area (Å²) in [5.41, 5.74) is 4.61. The zero-order valence-electron chi connectivity index (χ0n) is 19.6. The molecule has 1 aromatic carbocycles. The second-order valence-corrected chi connectivity index (χ2v) is 9.56. The lowest BCUT2D eigenvalue weighted by molar-refractivity contribution is -0.142. The molecule has 180 valence electrons. The van der Waals surface area contributed by atoms with E-state index in [1.807, 2.05) is 37.3 Å². The number of ether oxygens (including phenoxy) is 1. The van der Waals surface area contributed by atoms with Crippen LogP contribution in [-0.2, 0) is 16.0 Å². The Bertz CT molecular complexity index is 1110. The second kappa shape index (κ2) is 10.6. The Balaban J connectivity index is 1.66. The molecule has 0 spiro atoms. The third kappa shape index (κ3) is 5.61. The fourth-order valence-corrected chi connectivity index (χ4v) is 4.79. The monoisotopic (exact) mass is 482 g/mol. The van der Waals surface area contributed by atoms with Gasteiger partial charge in [-0.05, 0) is 67.7 Å². The number of carbonyl (C=O) groups excluding carboxylic acids is 1. The van der Waals surface area contributed by atoms with Gasteiger partial charge in [-0.1, -0.05) is 42.8 Å². The number of aromatic nitrogens is 1. The number of benzene rings is 1. The van der Waals surface area contributed by atoms with Crippen molar-refractivity contribution in [2.24, 2.45) is 5.92 Å². The number of nitrogens with one attached hydrogen (secondary N) is 1. The van der Waals surface area contributed by atoms with Crippen molar-refractivity contribution in [1.82, 2.24) is 10.3 Å². The van der Waals surface area contributed by atoms with Crippen LogP contribution in [0.4, 0.5) is 0 Å². The number of aryl methyl sites for hydroxylation is 1. The van der Waals surface area contributed by atoms with Gasteiger partial charge in [-0.2, -0.15) is 0 Å². The van der Waals surface area contributed by atoms with E-state index in [9.17, 15) is 14.7 Å². The molecule has 2 aromatic rings. The smallest absolute Gasteiger partial charge is 0.306 e. The number of halogens is 1. The molecule has 0 radical (unpaired) electrons. The van der Waals surface area contributed by atoms with Gasteiger partial charge >= 0.3 is 5.97 Å². The molecule has 2 N–H and O–H groups in total. The maximum absolute atomic E-state index is 11.8. The Kier molecular flexibility index (Phi) is 7.57. The minimum absolute atomic E-state index is 0.0486. The number of amides is 1. The van der Waals surface area contributed by atoms with Crippen molar-refractivity contribution in [1.29, 1.82) is 0 Å². The average Bonchev–Trinajstić information content (AvgIpc) is 3.59. The summed E-state index contributed by atoms with van der Waals surface area (Å²) in [4.78, 5) is 28.0. The summed E-state index contributed by atoms with van der Waals surface area (Å²) in [5.74, 6) is 0.0629. The van der Waals surface area contributed by atoms with E-state index in [0.717, 1.165) is 47.2 Å². The third-order valence-electron chi connectivity index (χ3n) is 6.74. The predicted molar refractivity (Wildman–Crippen MR) is 132 cm³/mol. The summed E-state index contributed by atoms with van der Waals surface area (Å²) in [6.07, 6.45) is 7.35. The highest BCUT2D eigenvalue weighted by Gasteiger charge is 2.28. The fourth-order valence-electron chi connectivity index (χ4n) is 4.51. The van der Waals surface area contributed by atoms with Crippen molar-refractivity contribution in [3.63, 3.8) is 0 Å². The van der Waals surface area contributed by atoms with E-state index in [4.69, 9.17) is 21.3 Å². The van der Waals surface area contributed by atoms with Gasteiger partial charge in [0.15, 0.2) is 0 Å². The molecule has 7 heteroatoms. The van der Waals surface area contributed by atoms with E-state index in [1.165, 1.54) is 0 Å². The standard InChI is InChI=1S/C27H31ClN2O4/c1-3-16(27(32)33)4-7-18-8-9-19(14-23(18)28)22(15-20-10-13-25(31)29-20)24-12-11-21(17-5-6-17)26(30-24)34-2/h8-9,11-12,14-17,20H,3-7,10,13H2,1-2H3,(H,29,31)(H,32,33)/b22-15+/t16?,20-/m1/s1. The first-order chi connectivity index (χ1) is 16.4. The Hall–Kier alpha value is -2.86. The molecule has 2 atom stereocenters. The molecule has 4 rings (SSSR count). The number of carbonyl (C=O) groups is 2. The molecule has 0 bridgehead atoms. The molecular formula is C27H31ClN2O4. The Morgan fingerprint density at radius 3 is 2.68 bits per heavy atom. The first-order valence-electron chi connectivity index (χ1n) is 12.0. The van der Waals surface area contributed by atoms with Crippen LogP contribution in [0, 0.1) is 5.92 Å². The molecular weight excluding hydrogens is 452 g/mol. The van der Waals surface area contributed by atoms with E-state index in [-0.39, 0.29) is 17.9 Å². The van der Waals surface area contributed by atoms with Gasteiger partial charge in [0.2, 0.25) is 11.8 Å². The Morgan fingerprint density at radius 1 is 1.29 bits per heavy atom. The van der Waals surface area contributed by atoms with Crippen molar-refractivity contribution in [3.8, 4) is 5.88 Å². The molecule has 1 saturated heterocycles. The number of hydrogen-bond donors (Lipinski definition) is 2. The summed E-state index contributed by atoms with van der Waals surface area (Å²) < 4.78 is 5.61. The Morgan fingerprint density at radius 2 is 2.09 bits per heavy atom. The van der Waals surface area contributed by atoms with Crippen LogP contribution in [0.3, 0.4) is 0 Å². The van der Waals surface area contributed by atoms with Crippen molar-refractivity contribution in [2.45, 2.75) is 63.8 Å². The first-order valence-corrected chi connectivity index (χ1v) is 12.4. The molecule has 6 nitrogen and oxygen atoms in total. The van der Waals surface area contributed by atoms with Gasteiger partial charge in [0, 0.05) is 28.6 Å². The molecule has 2 fully saturated rings. The second-order valence-electron chi connectivity index (χ2n) is 9.15. The van der Waals surface area contributed by atoms with Crippen molar-refractivity contribution >= 4 is 29.1 Å². The van der Waals surface area contributed by atoms with Crippen LogP contribution in [0.15, 0.2) is 36.4 Å². The molecule has 1 aromatic heterocycles.